The number of H-pyrrole nitrogens is 1. The van der Waals surface area contributed by atoms with E-state index in [0.29, 0.717) is 37.3 Å². The van der Waals surface area contributed by atoms with E-state index >= 15 is 4.39 Å². The second-order valence-corrected chi connectivity index (χ2v) is 9.89. The maximum atomic E-state index is 15.4. The molecule has 220 valence electrons. The molecular formula is C28H26F7N3O3. The summed E-state index contributed by atoms with van der Waals surface area (Å²) in [6.45, 7) is 0.985. The van der Waals surface area contributed by atoms with E-state index in [9.17, 15) is 35.9 Å². The summed E-state index contributed by atoms with van der Waals surface area (Å²) >= 11 is 0. The Morgan fingerprint density at radius 2 is 1.73 bits per heavy atom. The molecule has 0 saturated heterocycles. The minimum absolute atomic E-state index is 0.0119. The predicted octanol–water partition coefficient (Wildman–Crippen LogP) is 6.31. The first kappa shape index (κ1) is 30.2. The molecule has 2 aromatic carbocycles. The highest BCUT2D eigenvalue weighted by Gasteiger charge is 2.37. The minimum atomic E-state index is -4.93. The van der Waals surface area contributed by atoms with E-state index in [1.807, 2.05) is 0 Å². The molecule has 0 unspecified atom stereocenters. The molecule has 1 aliphatic carbocycles. The summed E-state index contributed by atoms with van der Waals surface area (Å²) in [5, 5.41) is 2.56. The van der Waals surface area contributed by atoms with E-state index in [4.69, 9.17) is 4.74 Å². The molecule has 3 aromatic rings. The molecular weight excluding hydrogens is 559 g/mol. The zero-order valence-electron chi connectivity index (χ0n) is 21.8. The van der Waals surface area contributed by atoms with E-state index in [1.165, 1.54) is 19.1 Å². The predicted molar refractivity (Wildman–Crippen MR) is 134 cm³/mol. The average Bonchev–Trinajstić information content (AvgIpc) is 2.89. The number of ether oxygens (including phenoxy) is 1. The first-order chi connectivity index (χ1) is 19.2. The molecule has 1 aromatic heterocycles. The molecule has 1 amide bonds. The topological polar surface area (TPSA) is 84.1 Å². The van der Waals surface area contributed by atoms with Crippen molar-refractivity contribution >= 4 is 5.91 Å². The van der Waals surface area contributed by atoms with Crippen LogP contribution >= 0.6 is 0 Å². The van der Waals surface area contributed by atoms with Gasteiger partial charge in [0.05, 0.1) is 29.4 Å². The Morgan fingerprint density at radius 1 is 1.02 bits per heavy atom. The fraction of sp³-hybridized carbons (Fsp3) is 0.393. The number of carbonyl (C=O) groups excluding carboxylic acids is 1. The van der Waals surface area contributed by atoms with Crippen LogP contribution in [0, 0.1) is 18.7 Å². The highest BCUT2D eigenvalue weighted by molar-refractivity contribution is 5.78. The number of nitrogens with zero attached hydrogens (tertiary/aromatic N) is 1. The van der Waals surface area contributed by atoms with Gasteiger partial charge in [-0.25, -0.2) is 9.37 Å². The molecule has 1 heterocycles. The first-order valence-corrected chi connectivity index (χ1v) is 12.7. The van der Waals surface area contributed by atoms with Gasteiger partial charge < -0.3 is 15.0 Å². The van der Waals surface area contributed by atoms with Crippen molar-refractivity contribution in [2.75, 3.05) is 0 Å². The fourth-order valence-electron chi connectivity index (χ4n) is 4.79. The third-order valence-electron chi connectivity index (χ3n) is 6.87. The van der Waals surface area contributed by atoms with E-state index < -0.39 is 64.6 Å². The van der Waals surface area contributed by atoms with Crippen molar-refractivity contribution in [3.05, 3.63) is 86.6 Å². The van der Waals surface area contributed by atoms with Crippen LogP contribution in [0.4, 0.5) is 30.7 Å². The van der Waals surface area contributed by atoms with Gasteiger partial charge in [-0.2, -0.15) is 26.3 Å². The smallest absolute Gasteiger partial charge is 0.374 e. The van der Waals surface area contributed by atoms with Gasteiger partial charge in [0, 0.05) is 29.8 Å². The van der Waals surface area contributed by atoms with Crippen LogP contribution in [-0.4, -0.2) is 22.0 Å². The number of nitrogens with one attached hydrogen (secondary N) is 2. The Labute approximate surface area is 230 Å². The van der Waals surface area contributed by atoms with Gasteiger partial charge in [0.2, 0.25) is 5.91 Å². The lowest BCUT2D eigenvalue weighted by Crippen LogP contribution is -2.34. The summed E-state index contributed by atoms with van der Waals surface area (Å²) < 4.78 is 101. The van der Waals surface area contributed by atoms with Crippen molar-refractivity contribution in [3.63, 3.8) is 0 Å². The van der Waals surface area contributed by atoms with Crippen LogP contribution in [0.1, 0.15) is 53.6 Å². The van der Waals surface area contributed by atoms with E-state index in [1.54, 1.807) is 0 Å². The van der Waals surface area contributed by atoms with Crippen molar-refractivity contribution in [2.45, 2.75) is 64.2 Å². The summed E-state index contributed by atoms with van der Waals surface area (Å²) in [5.74, 6) is -2.70. The van der Waals surface area contributed by atoms with Gasteiger partial charge >= 0.3 is 12.4 Å². The van der Waals surface area contributed by atoms with Crippen LogP contribution in [0.25, 0.3) is 11.4 Å². The van der Waals surface area contributed by atoms with Gasteiger partial charge in [-0.3, -0.25) is 9.59 Å². The number of alkyl halides is 6. The summed E-state index contributed by atoms with van der Waals surface area (Å²) in [5.41, 5.74) is -3.48. The molecule has 13 heteroatoms. The van der Waals surface area contributed by atoms with Crippen LogP contribution in [0.3, 0.4) is 0 Å². The summed E-state index contributed by atoms with van der Waals surface area (Å²) in [6.07, 6.45) is -7.87. The molecule has 2 N–H and O–H groups in total. The molecule has 1 aliphatic rings. The standard InChI is InChI=1S/C28H26F7N3O3/c1-15-11-22(39)38-25(37-15)23-21(28(33,34)35)10-7-18(24(23)29)13-36-26(40)17-5-8-20(9-6-17)41-14-16-3-2-4-19(12-16)27(30,31)32/h2-4,7,10-12,17,20H,5-6,8-9,13-14H2,1H3,(H,36,40)(H,37,38,39)/t17-,20-. The zero-order valence-corrected chi connectivity index (χ0v) is 21.8. The highest BCUT2D eigenvalue weighted by Crippen LogP contribution is 2.38. The summed E-state index contributed by atoms with van der Waals surface area (Å²) in [7, 11) is 0. The molecule has 6 nitrogen and oxygen atoms in total. The normalized spacial score (nSPS) is 17.9. The van der Waals surface area contributed by atoms with E-state index in [2.05, 4.69) is 15.3 Å². The number of aryl methyl sites for hydroxylation is 1. The maximum Gasteiger partial charge on any atom is 0.417 e. The monoisotopic (exact) mass is 585 g/mol. The van der Waals surface area contributed by atoms with Crippen molar-refractivity contribution < 1.29 is 40.3 Å². The molecule has 0 bridgehead atoms. The molecule has 0 aliphatic heterocycles. The first-order valence-electron chi connectivity index (χ1n) is 12.7. The Bertz CT molecular complexity index is 1460. The number of hydrogen-bond donors (Lipinski definition) is 2. The van der Waals surface area contributed by atoms with E-state index in [0.717, 1.165) is 24.3 Å². The number of rotatable bonds is 7. The maximum absolute atomic E-state index is 15.4. The number of amides is 1. The highest BCUT2D eigenvalue weighted by atomic mass is 19.4. The van der Waals surface area contributed by atoms with Crippen molar-refractivity contribution in [2.24, 2.45) is 5.92 Å². The lowest BCUT2D eigenvalue weighted by molar-refractivity contribution is -0.138. The van der Waals surface area contributed by atoms with Crippen LogP contribution < -0.4 is 10.9 Å². The second kappa shape index (κ2) is 12.0. The second-order valence-electron chi connectivity index (χ2n) is 9.89. The Balaban J connectivity index is 1.37. The van der Waals surface area contributed by atoms with Gasteiger partial charge in [0.15, 0.2) is 0 Å². The number of benzene rings is 2. The van der Waals surface area contributed by atoms with Crippen LogP contribution in [0.15, 0.2) is 47.3 Å². The Hall–Kier alpha value is -3.74. The zero-order chi connectivity index (χ0) is 29.9. The lowest BCUT2D eigenvalue weighted by atomic mass is 9.86. The van der Waals surface area contributed by atoms with E-state index in [-0.39, 0.29) is 24.0 Å². The number of halogens is 7. The van der Waals surface area contributed by atoms with Crippen LogP contribution in [0.2, 0.25) is 0 Å². The number of hydrogen-bond acceptors (Lipinski definition) is 4. The fourth-order valence-corrected chi connectivity index (χ4v) is 4.79. The van der Waals surface area contributed by atoms with Gasteiger partial charge in [0.1, 0.15) is 11.6 Å². The van der Waals surface area contributed by atoms with Crippen molar-refractivity contribution in [1.82, 2.24) is 15.3 Å². The number of aromatic nitrogens is 2. The molecule has 0 radical (unpaired) electrons. The SMILES string of the molecule is Cc1cc(=O)[nH]c(-c2c(C(F)(F)F)ccc(CNC(=O)[C@H]3CC[C@H](OCc4cccc(C(F)(F)F)c4)CC3)c2F)n1. The molecule has 1 saturated carbocycles. The average molecular weight is 586 g/mol. The molecule has 41 heavy (non-hydrogen) atoms. The van der Waals surface area contributed by atoms with Crippen molar-refractivity contribution in [3.8, 4) is 11.4 Å². The summed E-state index contributed by atoms with van der Waals surface area (Å²) in [4.78, 5) is 30.6. The number of carbonyl (C=O) groups is 1. The third-order valence-corrected chi connectivity index (χ3v) is 6.87. The Kier molecular flexibility index (Phi) is 8.86. The third kappa shape index (κ3) is 7.51. The minimum Gasteiger partial charge on any atom is -0.374 e. The molecule has 4 rings (SSSR count). The van der Waals surface area contributed by atoms with Gasteiger partial charge in [-0.1, -0.05) is 18.2 Å². The molecule has 0 spiro atoms. The van der Waals surface area contributed by atoms with Gasteiger partial charge in [-0.15, -0.1) is 0 Å². The largest absolute Gasteiger partial charge is 0.417 e. The molecule has 1 fully saturated rings. The van der Waals surface area contributed by atoms with Gasteiger partial charge in [0.25, 0.3) is 5.56 Å². The Morgan fingerprint density at radius 3 is 2.37 bits per heavy atom. The van der Waals surface area contributed by atoms with Crippen LogP contribution in [0.5, 0.6) is 0 Å². The summed E-state index contributed by atoms with van der Waals surface area (Å²) in [6, 6.07) is 7.50. The molecule has 0 atom stereocenters. The van der Waals surface area contributed by atoms with Crippen molar-refractivity contribution in [1.29, 1.82) is 0 Å². The van der Waals surface area contributed by atoms with Gasteiger partial charge in [-0.05, 0) is 56.4 Å². The lowest BCUT2D eigenvalue weighted by Gasteiger charge is -2.28. The number of aromatic amines is 1. The van der Waals surface area contributed by atoms with Crippen LogP contribution in [-0.2, 0) is 35.0 Å². The quantitative estimate of drug-likeness (QED) is 0.318.